The first-order chi connectivity index (χ1) is 23.2. The number of carbonyl (C=O) groups is 1. The molecule has 0 saturated carbocycles. The van der Waals surface area contributed by atoms with Gasteiger partial charge >= 0.3 is 5.97 Å². The van der Waals surface area contributed by atoms with E-state index in [9.17, 15) is 9.59 Å². The van der Waals surface area contributed by atoms with Gasteiger partial charge in [-0.1, -0.05) is 23.5 Å². The number of carbonyl (C=O) groups excluding carboxylic acids is 1. The Hall–Kier alpha value is -5.06. The van der Waals surface area contributed by atoms with Crippen molar-refractivity contribution >= 4 is 39.3 Å². The van der Waals surface area contributed by atoms with E-state index in [2.05, 4.69) is 27.0 Å². The summed E-state index contributed by atoms with van der Waals surface area (Å²) in [5.41, 5.74) is 2.94. The number of hydrogen-bond acceptors (Lipinski definition) is 11. The van der Waals surface area contributed by atoms with Crippen molar-refractivity contribution < 1.29 is 33.2 Å². The molecule has 1 aliphatic rings. The first-order valence-corrected chi connectivity index (χ1v) is 16.3. The Morgan fingerprint density at radius 2 is 1.65 bits per heavy atom. The maximum absolute atomic E-state index is 14.2. The van der Waals surface area contributed by atoms with E-state index in [4.69, 9.17) is 33.7 Å². The molecule has 1 aliphatic heterocycles. The number of nitriles is 1. The van der Waals surface area contributed by atoms with Gasteiger partial charge in [0.15, 0.2) is 27.8 Å². The lowest BCUT2D eigenvalue weighted by Gasteiger charge is -2.26. The van der Waals surface area contributed by atoms with Crippen molar-refractivity contribution in [1.29, 1.82) is 5.26 Å². The highest BCUT2D eigenvalue weighted by atomic mass is 79.9. The highest BCUT2D eigenvalue weighted by Gasteiger charge is 2.34. The largest absolute Gasteiger partial charge is 0.493 e. The zero-order valence-electron chi connectivity index (χ0n) is 27.1. The van der Waals surface area contributed by atoms with Crippen LogP contribution in [0.15, 0.2) is 74.1 Å². The number of ether oxygens (including phenoxy) is 6. The number of halogens is 1. The van der Waals surface area contributed by atoms with Gasteiger partial charge < -0.3 is 28.4 Å². The molecule has 4 aromatic rings. The Morgan fingerprint density at radius 3 is 2.23 bits per heavy atom. The Morgan fingerprint density at radius 1 is 1.00 bits per heavy atom. The maximum Gasteiger partial charge on any atom is 0.338 e. The molecule has 0 unspecified atom stereocenters. The van der Waals surface area contributed by atoms with Gasteiger partial charge in [-0.2, -0.15) is 5.26 Å². The van der Waals surface area contributed by atoms with Gasteiger partial charge in [0.05, 0.1) is 73.0 Å². The first-order valence-electron chi connectivity index (χ1n) is 14.7. The summed E-state index contributed by atoms with van der Waals surface area (Å²) in [6, 6.07) is 15.3. The molecule has 0 amide bonds. The van der Waals surface area contributed by atoms with Gasteiger partial charge in [-0.15, -0.1) is 0 Å². The lowest BCUT2D eigenvalue weighted by Crippen LogP contribution is -2.40. The fraction of sp³-hybridized carbons (Fsp3) is 0.257. The number of thiazole rings is 1. The molecule has 11 nitrogen and oxygen atoms in total. The van der Waals surface area contributed by atoms with Gasteiger partial charge in [-0.25, -0.2) is 9.79 Å². The molecule has 1 aromatic heterocycles. The zero-order valence-corrected chi connectivity index (χ0v) is 29.5. The fourth-order valence-electron chi connectivity index (χ4n) is 5.31. The molecule has 0 bridgehead atoms. The fourth-order valence-corrected chi connectivity index (χ4v) is 6.93. The SMILES string of the molecule is CCOC(=O)C1=C(C)N=c2s/c(=C/c3cc(Br)c(OCc4ccc(C#N)cc4)c(OC)c3)c(=O)n2[C@H]1c1cc(OC)c(OC)c(OC)c1. The van der Waals surface area contributed by atoms with Gasteiger partial charge in [0.25, 0.3) is 5.56 Å². The summed E-state index contributed by atoms with van der Waals surface area (Å²) >= 11 is 4.78. The molecule has 0 saturated heterocycles. The van der Waals surface area contributed by atoms with Crippen molar-refractivity contribution in [2.45, 2.75) is 26.5 Å². The lowest BCUT2D eigenvalue weighted by molar-refractivity contribution is -0.139. The predicted molar refractivity (Wildman–Crippen MR) is 183 cm³/mol. The second-order valence-corrected chi connectivity index (χ2v) is 12.3. The number of hydrogen-bond donors (Lipinski definition) is 0. The summed E-state index contributed by atoms with van der Waals surface area (Å²) in [6.45, 7) is 3.83. The minimum Gasteiger partial charge on any atom is -0.493 e. The molecule has 0 N–H and O–H groups in total. The third-order valence-corrected chi connectivity index (χ3v) is 9.11. The average Bonchev–Trinajstić information content (AvgIpc) is 3.39. The molecule has 3 aromatic carbocycles. The molecule has 48 heavy (non-hydrogen) atoms. The minimum atomic E-state index is -0.893. The van der Waals surface area contributed by atoms with E-state index in [0.717, 1.165) is 5.56 Å². The van der Waals surface area contributed by atoms with E-state index < -0.39 is 12.0 Å². The van der Waals surface area contributed by atoms with Crippen molar-refractivity contribution in [1.82, 2.24) is 4.57 Å². The molecule has 0 spiro atoms. The molecule has 2 heterocycles. The summed E-state index contributed by atoms with van der Waals surface area (Å²) in [6.07, 6.45) is 1.73. The van der Waals surface area contributed by atoms with Gasteiger partial charge in [0.1, 0.15) is 6.61 Å². The van der Waals surface area contributed by atoms with E-state index in [0.29, 0.717) is 64.9 Å². The Balaban J connectivity index is 1.61. The van der Waals surface area contributed by atoms with E-state index >= 15 is 0 Å². The smallest absolute Gasteiger partial charge is 0.338 e. The molecule has 0 fully saturated rings. The quantitative estimate of drug-likeness (QED) is 0.195. The van der Waals surface area contributed by atoms with E-state index in [-0.39, 0.29) is 24.3 Å². The number of aromatic nitrogens is 1. The number of allylic oxidation sites excluding steroid dienone is 1. The van der Waals surface area contributed by atoms with Crippen LogP contribution in [0.25, 0.3) is 6.08 Å². The number of benzene rings is 3. The van der Waals surface area contributed by atoms with E-state index in [1.54, 1.807) is 50.3 Å². The topological polar surface area (TPSA) is 131 Å². The maximum atomic E-state index is 14.2. The molecule has 5 rings (SSSR count). The van der Waals surface area contributed by atoms with Gasteiger partial charge in [0.2, 0.25) is 5.75 Å². The molecule has 0 aliphatic carbocycles. The van der Waals surface area contributed by atoms with Crippen LogP contribution in [-0.2, 0) is 16.1 Å². The average molecular weight is 735 g/mol. The molecular formula is C35H32BrN3O8S. The van der Waals surface area contributed by atoms with Crippen LogP contribution in [-0.4, -0.2) is 45.6 Å². The standard InChI is InChI=1S/C35H32BrN3O8S/c1-7-46-34(41)29-19(2)38-35-39(30(29)23-15-26(43-4)32(45-6)27(16-23)44-5)33(40)28(48-35)14-22-12-24(36)31(25(13-22)42-3)47-18-21-10-8-20(17-37)9-11-21/h8-16,30H,7,18H2,1-6H3/b28-14+/t30-/m0/s1. The summed E-state index contributed by atoms with van der Waals surface area (Å²) < 4.78 is 36.3. The van der Waals surface area contributed by atoms with Crippen LogP contribution in [0.2, 0.25) is 0 Å². The Bertz CT molecular complexity index is 2110. The van der Waals surface area contributed by atoms with Crippen LogP contribution in [0, 0.1) is 11.3 Å². The van der Waals surface area contributed by atoms with Crippen molar-refractivity contribution in [2.75, 3.05) is 35.0 Å². The van der Waals surface area contributed by atoms with Crippen molar-refractivity contribution in [3.8, 4) is 34.8 Å². The molecule has 0 radical (unpaired) electrons. The normalized spacial score (nSPS) is 14.0. The molecular weight excluding hydrogens is 702 g/mol. The van der Waals surface area contributed by atoms with Gasteiger partial charge in [-0.05, 0) is 88.9 Å². The van der Waals surface area contributed by atoms with Gasteiger partial charge in [0, 0.05) is 0 Å². The highest BCUT2D eigenvalue weighted by Crippen LogP contribution is 2.42. The molecule has 13 heteroatoms. The number of nitrogens with zero attached hydrogens (tertiary/aromatic N) is 3. The first kappa shape index (κ1) is 34.3. The Kier molecular flexibility index (Phi) is 10.6. The van der Waals surface area contributed by atoms with E-state index in [1.807, 2.05) is 18.2 Å². The van der Waals surface area contributed by atoms with Gasteiger partial charge in [-0.3, -0.25) is 9.36 Å². The number of fused-ring (bicyclic) bond motifs is 1. The van der Waals surface area contributed by atoms with Crippen LogP contribution in [0.3, 0.4) is 0 Å². The van der Waals surface area contributed by atoms with Crippen LogP contribution >= 0.6 is 27.3 Å². The van der Waals surface area contributed by atoms with Crippen LogP contribution in [0.4, 0.5) is 0 Å². The third-order valence-electron chi connectivity index (χ3n) is 7.54. The summed E-state index contributed by atoms with van der Waals surface area (Å²) in [7, 11) is 6.02. The molecule has 248 valence electrons. The monoisotopic (exact) mass is 733 g/mol. The molecule has 1 atom stereocenters. The lowest BCUT2D eigenvalue weighted by atomic mass is 9.95. The minimum absolute atomic E-state index is 0.145. The second-order valence-electron chi connectivity index (χ2n) is 10.4. The number of methoxy groups -OCH3 is 4. The van der Waals surface area contributed by atoms with Crippen LogP contribution in [0.1, 0.15) is 42.1 Å². The Labute approximate surface area is 289 Å². The third kappa shape index (κ3) is 6.67. The zero-order chi connectivity index (χ0) is 34.5. The summed E-state index contributed by atoms with van der Waals surface area (Å²) in [5, 5.41) is 9.06. The predicted octanol–water partition coefficient (Wildman–Crippen LogP) is 5.05. The summed E-state index contributed by atoms with van der Waals surface area (Å²) in [4.78, 5) is 32.6. The van der Waals surface area contributed by atoms with E-state index in [1.165, 1.54) is 44.3 Å². The number of esters is 1. The van der Waals surface area contributed by atoms with Crippen LogP contribution < -0.4 is 38.6 Å². The highest BCUT2D eigenvalue weighted by molar-refractivity contribution is 9.10. The second kappa shape index (κ2) is 14.8. The van der Waals surface area contributed by atoms with Crippen molar-refractivity contribution in [2.24, 2.45) is 4.99 Å². The van der Waals surface area contributed by atoms with Crippen molar-refractivity contribution in [3.63, 3.8) is 0 Å². The van der Waals surface area contributed by atoms with Crippen molar-refractivity contribution in [3.05, 3.63) is 106 Å². The van der Waals surface area contributed by atoms with Crippen LogP contribution in [0.5, 0.6) is 28.7 Å². The number of rotatable bonds is 11. The summed E-state index contributed by atoms with van der Waals surface area (Å²) in [5.74, 6) is 1.45.